The highest BCUT2D eigenvalue weighted by Gasteiger charge is 2.11. The Bertz CT molecular complexity index is 226. The first-order valence-electron chi connectivity index (χ1n) is 4.27. The Hall–Kier alpha value is -1.05. The topological polar surface area (TPSA) is 37.0 Å². The lowest BCUT2D eigenvalue weighted by Crippen LogP contribution is -2.12. The molecule has 0 aliphatic carbocycles. The summed E-state index contributed by atoms with van der Waals surface area (Å²) in [5, 5.41) is 7.23. The van der Waals surface area contributed by atoms with Gasteiger partial charge < -0.3 is 9.83 Å². The van der Waals surface area contributed by atoms with E-state index in [1.807, 2.05) is 12.1 Å². The first kappa shape index (κ1) is 9.04. The third kappa shape index (κ3) is 2.22. The molecule has 1 heterocycles. The molecule has 0 unspecified atom stereocenters. The number of furan rings is 1. The van der Waals surface area contributed by atoms with Crippen LogP contribution < -0.4 is 0 Å². The summed E-state index contributed by atoms with van der Waals surface area (Å²) >= 11 is 0. The van der Waals surface area contributed by atoms with Crippen molar-refractivity contribution in [3.63, 3.8) is 0 Å². The second-order valence-corrected chi connectivity index (χ2v) is 3.36. The van der Waals surface area contributed by atoms with Crippen LogP contribution >= 0.6 is 0 Å². The predicted octanol–water partition coefficient (Wildman–Crippen LogP) is 2.74. The SMILES string of the molecule is CC(C)[C@H](C=N)Cc1ccco1. The van der Waals surface area contributed by atoms with Gasteiger partial charge in [0.05, 0.1) is 6.26 Å². The van der Waals surface area contributed by atoms with Gasteiger partial charge in [-0.3, -0.25) is 0 Å². The van der Waals surface area contributed by atoms with Gasteiger partial charge in [-0.1, -0.05) is 13.8 Å². The maximum Gasteiger partial charge on any atom is 0.104 e. The maximum atomic E-state index is 7.23. The molecule has 0 aromatic carbocycles. The van der Waals surface area contributed by atoms with Crippen LogP contribution in [0, 0.1) is 17.2 Å². The molecule has 0 spiro atoms. The molecule has 1 aromatic heterocycles. The van der Waals surface area contributed by atoms with Crippen molar-refractivity contribution in [2.45, 2.75) is 20.3 Å². The summed E-state index contributed by atoms with van der Waals surface area (Å²) in [4.78, 5) is 0. The summed E-state index contributed by atoms with van der Waals surface area (Å²) in [7, 11) is 0. The number of hydrogen-bond donors (Lipinski definition) is 1. The molecule has 0 bridgehead atoms. The molecule has 1 aromatic rings. The van der Waals surface area contributed by atoms with Gasteiger partial charge in [0.1, 0.15) is 5.76 Å². The Labute approximate surface area is 73.1 Å². The zero-order chi connectivity index (χ0) is 8.97. The molecule has 0 aliphatic heterocycles. The summed E-state index contributed by atoms with van der Waals surface area (Å²) in [6, 6.07) is 3.84. The predicted molar refractivity (Wildman–Crippen MR) is 49.5 cm³/mol. The van der Waals surface area contributed by atoms with Crippen molar-refractivity contribution in [3.05, 3.63) is 24.2 Å². The fourth-order valence-corrected chi connectivity index (χ4v) is 1.15. The lowest BCUT2D eigenvalue weighted by atomic mass is 9.93. The molecular formula is C10H15NO. The van der Waals surface area contributed by atoms with Crippen molar-refractivity contribution >= 4 is 6.21 Å². The lowest BCUT2D eigenvalue weighted by Gasteiger charge is -2.13. The Morgan fingerprint density at radius 3 is 2.75 bits per heavy atom. The van der Waals surface area contributed by atoms with Crippen LogP contribution in [-0.2, 0) is 6.42 Å². The average Bonchev–Trinajstić information content (AvgIpc) is 2.51. The fraction of sp³-hybridized carbons (Fsp3) is 0.500. The summed E-state index contributed by atoms with van der Waals surface area (Å²) < 4.78 is 5.21. The fourth-order valence-electron chi connectivity index (χ4n) is 1.15. The summed E-state index contributed by atoms with van der Waals surface area (Å²) in [6.07, 6.45) is 4.03. The van der Waals surface area contributed by atoms with E-state index in [9.17, 15) is 0 Å². The zero-order valence-electron chi connectivity index (χ0n) is 7.58. The number of hydrogen-bond acceptors (Lipinski definition) is 2. The second kappa shape index (κ2) is 4.10. The van der Waals surface area contributed by atoms with Crippen LogP contribution in [-0.4, -0.2) is 6.21 Å². The van der Waals surface area contributed by atoms with Crippen LogP contribution in [0.15, 0.2) is 22.8 Å². The molecule has 0 saturated carbocycles. The minimum absolute atomic E-state index is 0.302. The molecule has 0 saturated heterocycles. The monoisotopic (exact) mass is 165 g/mol. The van der Waals surface area contributed by atoms with Crippen molar-refractivity contribution in [1.82, 2.24) is 0 Å². The molecule has 66 valence electrons. The van der Waals surface area contributed by atoms with E-state index in [1.165, 1.54) is 6.21 Å². The smallest absolute Gasteiger partial charge is 0.104 e. The van der Waals surface area contributed by atoms with E-state index >= 15 is 0 Å². The second-order valence-electron chi connectivity index (χ2n) is 3.36. The molecule has 0 radical (unpaired) electrons. The number of rotatable bonds is 4. The Kier molecular flexibility index (Phi) is 3.09. The molecular weight excluding hydrogens is 150 g/mol. The van der Waals surface area contributed by atoms with Gasteiger partial charge in [-0.05, 0) is 24.3 Å². The highest BCUT2D eigenvalue weighted by atomic mass is 16.3. The van der Waals surface area contributed by atoms with Gasteiger partial charge in [-0.2, -0.15) is 0 Å². The van der Waals surface area contributed by atoms with E-state index in [0.29, 0.717) is 11.8 Å². The van der Waals surface area contributed by atoms with Crippen molar-refractivity contribution in [3.8, 4) is 0 Å². The quantitative estimate of drug-likeness (QED) is 0.684. The van der Waals surface area contributed by atoms with Gasteiger partial charge in [0.25, 0.3) is 0 Å². The van der Waals surface area contributed by atoms with Gasteiger partial charge in [0.15, 0.2) is 0 Å². The van der Waals surface area contributed by atoms with Crippen LogP contribution in [0.2, 0.25) is 0 Å². The van der Waals surface area contributed by atoms with Crippen molar-refractivity contribution in [2.75, 3.05) is 0 Å². The molecule has 0 fully saturated rings. The first-order valence-corrected chi connectivity index (χ1v) is 4.27. The molecule has 0 amide bonds. The van der Waals surface area contributed by atoms with E-state index in [4.69, 9.17) is 9.83 Å². The van der Waals surface area contributed by atoms with E-state index in [-0.39, 0.29) is 0 Å². The summed E-state index contributed by atoms with van der Waals surface area (Å²) in [5.74, 6) is 1.78. The molecule has 0 aliphatic rings. The zero-order valence-corrected chi connectivity index (χ0v) is 7.58. The molecule has 1 atom stereocenters. The number of nitrogens with one attached hydrogen (secondary N) is 1. The van der Waals surface area contributed by atoms with Gasteiger partial charge in [0.2, 0.25) is 0 Å². The van der Waals surface area contributed by atoms with Crippen LogP contribution in [0.4, 0.5) is 0 Å². The molecule has 2 heteroatoms. The van der Waals surface area contributed by atoms with Crippen molar-refractivity contribution < 1.29 is 4.42 Å². The maximum absolute atomic E-state index is 7.23. The largest absolute Gasteiger partial charge is 0.469 e. The van der Waals surface area contributed by atoms with E-state index in [2.05, 4.69) is 13.8 Å². The highest BCUT2D eigenvalue weighted by Crippen LogP contribution is 2.15. The Morgan fingerprint density at radius 1 is 1.58 bits per heavy atom. The first-order chi connectivity index (χ1) is 5.74. The molecule has 1 N–H and O–H groups in total. The van der Waals surface area contributed by atoms with Crippen molar-refractivity contribution in [2.24, 2.45) is 11.8 Å². The normalized spacial score (nSPS) is 13.2. The van der Waals surface area contributed by atoms with Gasteiger partial charge in [-0.25, -0.2) is 0 Å². The van der Waals surface area contributed by atoms with E-state index in [0.717, 1.165) is 12.2 Å². The minimum atomic E-state index is 0.302. The van der Waals surface area contributed by atoms with E-state index in [1.54, 1.807) is 6.26 Å². The third-order valence-corrected chi connectivity index (χ3v) is 2.09. The van der Waals surface area contributed by atoms with Crippen LogP contribution in [0.5, 0.6) is 0 Å². The van der Waals surface area contributed by atoms with Crippen LogP contribution in [0.3, 0.4) is 0 Å². The third-order valence-electron chi connectivity index (χ3n) is 2.09. The highest BCUT2D eigenvalue weighted by molar-refractivity contribution is 5.57. The Balaban J connectivity index is 2.54. The van der Waals surface area contributed by atoms with Crippen LogP contribution in [0.25, 0.3) is 0 Å². The van der Waals surface area contributed by atoms with Gasteiger partial charge in [0, 0.05) is 12.3 Å². The summed E-state index contributed by atoms with van der Waals surface area (Å²) in [6.45, 7) is 4.25. The minimum Gasteiger partial charge on any atom is -0.469 e. The Morgan fingerprint density at radius 2 is 2.33 bits per heavy atom. The van der Waals surface area contributed by atoms with Crippen LogP contribution in [0.1, 0.15) is 19.6 Å². The van der Waals surface area contributed by atoms with Gasteiger partial charge in [-0.15, -0.1) is 0 Å². The summed E-state index contributed by atoms with van der Waals surface area (Å²) in [5.41, 5.74) is 0. The molecule has 1 rings (SSSR count). The van der Waals surface area contributed by atoms with E-state index < -0.39 is 0 Å². The van der Waals surface area contributed by atoms with Gasteiger partial charge >= 0.3 is 0 Å². The molecule has 2 nitrogen and oxygen atoms in total. The van der Waals surface area contributed by atoms with Crippen molar-refractivity contribution in [1.29, 1.82) is 5.41 Å². The standard InChI is InChI=1S/C10H15NO/c1-8(2)9(7-11)6-10-4-3-5-12-10/h3-5,7-9,11H,6H2,1-2H3/t9-/m0/s1. The lowest BCUT2D eigenvalue weighted by molar-refractivity contribution is 0.432. The average molecular weight is 165 g/mol. The molecule has 12 heavy (non-hydrogen) atoms.